The molecule has 0 aliphatic carbocycles. The third-order valence-electron chi connectivity index (χ3n) is 2.67. The van der Waals surface area contributed by atoms with Crippen molar-refractivity contribution in [2.24, 2.45) is 11.7 Å². The number of carbonyl (C=O) groups is 1. The van der Waals surface area contributed by atoms with E-state index in [0.29, 0.717) is 6.61 Å². The van der Waals surface area contributed by atoms with Crippen molar-refractivity contribution < 1.29 is 18.3 Å². The molecule has 0 amide bonds. The summed E-state index contributed by atoms with van der Waals surface area (Å²) in [5.74, 6) is -2.77. The number of hydrogen-bond acceptors (Lipinski definition) is 3. The molecular weight excluding hydrogens is 216 g/mol. The van der Waals surface area contributed by atoms with Gasteiger partial charge in [0.2, 0.25) is 0 Å². The van der Waals surface area contributed by atoms with Crippen LogP contribution in [0.4, 0.5) is 8.78 Å². The highest BCUT2D eigenvalue weighted by Crippen LogP contribution is 2.19. The fraction of sp³-hybridized carbons (Fsp3) is 0.364. The van der Waals surface area contributed by atoms with Crippen LogP contribution in [-0.2, 0) is 4.74 Å². The van der Waals surface area contributed by atoms with Crippen molar-refractivity contribution in [2.45, 2.75) is 6.04 Å². The summed E-state index contributed by atoms with van der Waals surface area (Å²) in [6.45, 7) is 0.555. The van der Waals surface area contributed by atoms with Crippen LogP contribution in [0.25, 0.3) is 0 Å². The number of nitrogens with two attached hydrogens (primary N) is 1. The second-order valence-corrected chi connectivity index (χ2v) is 3.80. The lowest BCUT2D eigenvalue weighted by atomic mass is 9.94. The predicted molar refractivity (Wildman–Crippen MR) is 53.0 cm³/mol. The van der Waals surface area contributed by atoms with E-state index in [4.69, 9.17) is 10.5 Å². The van der Waals surface area contributed by atoms with Gasteiger partial charge in [-0.15, -0.1) is 0 Å². The molecule has 1 fully saturated rings. The van der Waals surface area contributed by atoms with Crippen molar-refractivity contribution in [3.63, 3.8) is 0 Å². The van der Waals surface area contributed by atoms with Crippen LogP contribution in [-0.4, -0.2) is 25.0 Å². The standard InChI is InChI=1S/C11H11F2NO2/c12-8-2-1-6(3-9(8)13)11(15)7-4-16-5-10(7)14/h1-3,7,10H,4-5,14H2. The summed E-state index contributed by atoms with van der Waals surface area (Å²) >= 11 is 0. The second-order valence-electron chi connectivity index (χ2n) is 3.80. The van der Waals surface area contributed by atoms with E-state index in [1.165, 1.54) is 6.07 Å². The van der Waals surface area contributed by atoms with Gasteiger partial charge in [0, 0.05) is 11.6 Å². The minimum atomic E-state index is -1.03. The van der Waals surface area contributed by atoms with Gasteiger partial charge in [-0.3, -0.25) is 4.79 Å². The Balaban J connectivity index is 2.23. The molecule has 1 aromatic carbocycles. The number of rotatable bonds is 2. The molecule has 5 heteroatoms. The van der Waals surface area contributed by atoms with Crippen molar-refractivity contribution in [3.05, 3.63) is 35.4 Å². The molecule has 3 nitrogen and oxygen atoms in total. The minimum Gasteiger partial charge on any atom is -0.379 e. The number of halogens is 2. The number of ether oxygens (including phenoxy) is 1. The molecule has 2 rings (SSSR count). The number of benzene rings is 1. The lowest BCUT2D eigenvalue weighted by Crippen LogP contribution is -2.34. The minimum absolute atomic E-state index is 0.129. The van der Waals surface area contributed by atoms with E-state index in [-0.39, 0.29) is 24.0 Å². The fourth-order valence-corrected chi connectivity index (χ4v) is 1.70. The zero-order valence-corrected chi connectivity index (χ0v) is 8.45. The molecule has 0 spiro atoms. The molecular formula is C11H11F2NO2. The molecule has 0 bridgehead atoms. The van der Waals surface area contributed by atoms with E-state index in [0.717, 1.165) is 12.1 Å². The lowest BCUT2D eigenvalue weighted by Gasteiger charge is -2.11. The highest BCUT2D eigenvalue weighted by Gasteiger charge is 2.32. The highest BCUT2D eigenvalue weighted by molar-refractivity contribution is 5.98. The summed E-state index contributed by atoms with van der Waals surface area (Å²) in [4.78, 5) is 11.9. The van der Waals surface area contributed by atoms with Gasteiger partial charge in [-0.2, -0.15) is 0 Å². The van der Waals surface area contributed by atoms with Crippen molar-refractivity contribution >= 4 is 5.78 Å². The Morgan fingerprint density at radius 3 is 2.62 bits per heavy atom. The van der Waals surface area contributed by atoms with Crippen LogP contribution in [0, 0.1) is 17.6 Å². The van der Waals surface area contributed by atoms with Gasteiger partial charge < -0.3 is 10.5 Å². The molecule has 1 aliphatic heterocycles. The maximum absolute atomic E-state index is 12.9. The van der Waals surface area contributed by atoms with Gasteiger partial charge >= 0.3 is 0 Å². The molecule has 1 saturated heterocycles. The highest BCUT2D eigenvalue weighted by atomic mass is 19.2. The molecule has 0 saturated carbocycles. The van der Waals surface area contributed by atoms with Crippen LogP contribution in [0.1, 0.15) is 10.4 Å². The third-order valence-corrected chi connectivity index (χ3v) is 2.67. The van der Waals surface area contributed by atoms with Gasteiger partial charge in [0.25, 0.3) is 0 Å². The van der Waals surface area contributed by atoms with Gasteiger partial charge in [-0.05, 0) is 18.2 Å². The Bertz CT molecular complexity index is 422. The zero-order chi connectivity index (χ0) is 11.7. The monoisotopic (exact) mass is 227 g/mol. The van der Waals surface area contributed by atoms with E-state index in [1.807, 2.05) is 0 Å². The predicted octanol–water partition coefficient (Wildman–Crippen LogP) is 1.12. The fourth-order valence-electron chi connectivity index (χ4n) is 1.70. The van der Waals surface area contributed by atoms with E-state index in [9.17, 15) is 13.6 Å². The van der Waals surface area contributed by atoms with Gasteiger partial charge in [0.1, 0.15) is 0 Å². The van der Waals surface area contributed by atoms with Crippen molar-refractivity contribution in [1.29, 1.82) is 0 Å². The lowest BCUT2D eigenvalue weighted by molar-refractivity contribution is 0.0895. The normalized spacial score (nSPS) is 24.7. The maximum atomic E-state index is 12.9. The molecule has 0 radical (unpaired) electrons. The van der Waals surface area contributed by atoms with Gasteiger partial charge in [-0.25, -0.2) is 8.78 Å². The molecule has 0 aromatic heterocycles. The van der Waals surface area contributed by atoms with Crippen LogP contribution in [0.5, 0.6) is 0 Å². The number of carbonyl (C=O) groups excluding carboxylic acids is 1. The first-order valence-electron chi connectivity index (χ1n) is 4.92. The zero-order valence-electron chi connectivity index (χ0n) is 8.45. The van der Waals surface area contributed by atoms with E-state index in [2.05, 4.69) is 0 Å². The van der Waals surface area contributed by atoms with Crippen LogP contribution >= 0.6 is 0 Å². The Morgan fingerprint density at radius 2 is 2.06 bits per heavy atom. The first-order chi connectivity index (χ1) is 7.59. The Hall–Kier alpha value is -1.33. The molecule has 2 N–H and O–H groups in total. The first kappa shape index (κ1) is 11.2. The van der Waals surface area contributed by atoms with E-state index in [1.54, 1.807) is 0 Å². The average Bonchev–Trinajstić information content (AvgIpc) is 2.67. The van der Waals surface area contributed by atoms with Gasteiger partial charge in [0.15, 0.2) is 17.4 Å². The summed E-state index contributed by atoms with van der Waals surface area (Å²) < 4.78 is 30.7. The average molecular weight is 227 g/mol. The Kier molecular flexibility index (Phi) is 2.98. The summed E-state index contributed by atoms with van der Waals surface area (Å²) in [7, 11) is 0. The second kappa shape index (κ2) is 4.27. The topological polar surface area (TPSA) is 52.3 Å². The van der Waals surface area contributed by atoms with E-state index < -0.39 is 17.6 Å². The summed E-state index contributed by atoms with van der Waals surface area (Å²) in [5, 5.41) is 0. The quantitative estimate of drug-likeness (QED) is 0.770. The largest absolute Gasteiger partial charge is 0.379 e. The van der Waals surface area contributed by atoms with E-state index >= 15 is 0 Å². The van der Waals surface area contributed by atoms with Crippen LogP contribution < -0.4 is 5.73 Å². The number of Topliss-reactive ketones (excluding diaryl/α,β-unsaturated/α-hetero) is 1. The van der Waals surface area contributed by atoms with Crippen LogP contribution in [0.2, 0.25) is 0 Å². The Labute approximate surface area is 91.2 Å². The maximum Gasteiger partial charge on any atom is 0.170 e. The first-order valence-corrected chi connectivity index (χ1v) is 4.92. The molecule has 2 atom stereocenters. The molecule has 16 heavy (non-hydrogen) atoms. The van der Waals surface area contributed by atoms with Crippen molar-refractivity contribution in [2.75, 3.05) is 13.2 Å². The van der Waals surface area contributed by atoms with Gasteiger partial charge in [0.05, 0.1) is 19.1 Å². The summed E-state index contributed by atoms with van der Waals surface area (Å²) in [6, 6.07) is 2.71. The molecule has 1 aliphatic rings. The Morgan fingerprint density at radius 1 is 1.31 bits per heavy atom. The molecule has 2 unspecified atom stereocenters. The number of hydrogen-bond donors (Lipinski definition) is 1. The summed E-state index contributed by atoms with van der Waals surface area (Å²) in [6.07, 6.45) is 0. The smallest absolute Gasteiger partial charge is 0.170 e. The SMILES string of the molecule is NC1COCC1C(=O)c1ccc(F)c(F)c1. The van der Waals surface area contributed by atoms with Crippen LogP contribution in [0.15, 0.2) is 18.2 Å². The number of ketones is 1. The molecule has 1 aromatic rings. The summed E-state index contributed by atoms with van der Waals surface area (Å²) in [5.41, 5.74) is 5.80. The van der Waals surface area contributed by atoms with Crippen molar-refractivity contribution in [1.82, 2.24) is 0 Å². The third kappa shape index (κ3) is 1.96. The van der Waals surface area contributed by atoms with Gasteiger partial charge in [-0.1, -0.05) is 0 Å². The van der Waals surface area contributed by atoms with Crippen LogP contribution in [0.3, 0.4) is 0 Å². The van der Waals surface area contributed by atoms with Crippen molar-refractivity contribution in [3.8, 4) is 0 Å². The molecule has 1 heterocycles. The molecule has 86 valence electrons.